The molecule has 0 spiro atoms. The zero-order valence-electron chi connectivity index (χ0n) is 18.4. The minimum Gasteiger partial charge on any atom is -0.485 e. The number of fused-ring (bicyclic) bond motifs is 1. The molecule has 1 aliphatic carbocycles. The molecule has 2 aromatic carbocycles. The minimum atomic E-state index is -2.59. The van der Waals surface area contributed by atoms with E-state index >= 15 is 4.39 Å². The van der Waals surface area contributed by atoms with E-state index in [4.69, 9.17) is 9.47 Å². The number of benzene rings is 2. The van der Waals surface area contributed by atoms with E-state index in [-0.39, 0.29) is 29.2 Å². The van der Waals surface area contributed by atoms with Gasteiger partial charge in [-0.05, 0) is 49.4 Å². The summed E-state index contributed by atoms with van der Waals surface area (Å²) in [7, 11) is -0.949. The van der Waals surface area contributed by atoms with Gasteiger partial charge in [0.15, 0.2) is 0 Å². The number of aromatic nitrogens is 2. The third kappa shape index (κ3) is 5.51. The van der Waals surface area contributed by atoms with Gasteiger partial charge in [0.05, 0.1) is 28.4 Å². The molecule has 7 nitrogen and oxygen atoms in total. The van der Waals surface area contributed by atoms with E-state index in [9.17, 15) is 8.60 Å². The van der Waals surface area contributed by atoms with Gasteiger partial charge in [0.1, 0.15) is 35.6 Å². The van der Waals surface area contributed by atoms with Gasteiger partial charge < -0.3 is 19.5 Å². The molecule has 0 aliphatic heterocycles. The van der Waals surface area contributed by atoms with Crippen molar-refractivity contribution < 1.29 is 22.5 Å². The Bertz CT molecular complexity index is 1270. The number of methoxy groups -OCH3 is 1. The van der Waals surface area contributed by atoms with Crippen molar-refractivity contribution in [3.63, 3.8) is 0 Å². The molecule has 0 saturated heterocycles. The van der Waals surface area contributed by atoms with E-state index < -0.39 is 21.3 Å². The van der Waals surface area contributed by atoms with Gasteiger partial charge in [-0.2, -0.15) is 0 Å². The SMILES string of the molecule is C=S(C)(=O)Nc1cc(F)c2c(Nc3ccc(F)cc3OC3CCCCC3OC)ncnc2c1. The number of rotatable bonds is 7. The Morgan fingerprint density at radius 2 is 1.88 bits per heavy atom. The highest BCUT2D eigenvalue weighted by Gasteiger charge is 2.27. The van der Waals surface area contributed by atoms with Crippen molar-refractivity contribution in [2.75, 3.05) is 23.4 Å². The van der Waals surface area contributed by atoms with Crippen LogP contribution in [-0.2, 0) is 14.4 Å². The Kier molecular flexibility index (Phi) is 6.66. The molecule has 0 bridgehead atoms. The fraction of sp³-hybridized carbons (Fsp3) is 0.348. The number of anilines is 3. The highest BCUT2D eigenvalue weighted by atomic mass is 32.2. The predicted octanol–water partition coefficient (Wildman–Crippen LogP) is 4.66. The van der Waals surface area contributed by atoms with E-state index in [1.807, 2.05) is 0 Å². The number of hydrogen-bond acceptors (Lipinski definition) is 6. The molecule has 1 aliphatic rings. The maximum absolute atomic E-state index is 15.0. The summed E-state index contributed by atoms with van der Waals surface area (Å²) in [4.78, 5) is 8.32. The third-order valence-corrected chi connectivity index (χ3v) is 6.11. The van der Waals surface area contributed by atoms with Crippen LogP contribution in [0.25, 0.3) is 10.9 Å². The molecule has 1 saturated carbocycles. The smallest absolute Gasteiger partial charge is 0.146 e. The summed E-state index contributed by atoms with van der Waals surface area (Å²) in [5, 5.41) is 3.20. The minimum absolute atomic E-state index is 0.0833. The lowest BCUT2D eigenvalue weighted by Gasteiger charge is -2.31. The Balaban J connectivity index is 1.68. The van der Waals surface area contributed by atoms with Gasteiger partial charge in [-0.3, -0.25) is 0 Å². The summed E-state index contributed by atoms with van der Waals surface area (Å²) in [6, 6.07) is 6.87. The molecule has 3 unspecified atom stereocenters. The second-order valence-electron chi connectivity index (χ2n) is 8.16. The van der Waals surface area contributed by atoms with E-state index in [1.165, 1.54) is 36.8 Å². The summed E-state index contributed by atoms with van der Waals surface area (Å²) in [5.74, 6) is 2.94. The summed E-state index contributed by atoms with van der Waals surface area (Å²) in [5.41, 5.74) is 1.03. The summed E-state index contributed by atoms with van der Waals surface area (Å²) in [6.07, 6.45) is 6.11. The Morgan fingerprint density at radius 3 is 2.61 bits per heavy atom. The number of nitrogens with one attached hydrogen (secondary N) is 2. The van der Waals surface area contributed by atoms with E-state index in [2.05, 4.69) is 25.9 Å². The van der Waals surface area contributed by atoms with Crippen LogP contribution >= 0.6 is 0 Å². The first-order valence-electron chi connectivity index (χ1n) is 10.5. The number of nitrogens with zero attached hydrogens (tertiary/aromatic N) is 2. The number of hydrogen-bond donors (Lipinski definition) is 2. The molecule has 3 aromatic rings. The van der Waals surface area contributed by atoms with Crippen LogP contribution < -0.4 is 14.8 Å². The van der Waals surface area contributed by atoms with Crippen molar-refractivity contribution in [3.8, 4) is 5.75 Å². The molecule has 33 heavy (non-hydrogen) atoms. The average Bonchev–Trinajstić information content (AvgIpc) is 2.74. The molecule has 0 amide bonds. The van der Waals surface area contributed by atoms with Crippen molar-refractivity contribution in [2.45, 2.75) is 37.9 Å². The topological polar surface area (TPSA) is 85.4 Å². The molecule has 10 heteroatoms. The monoisotopic (exact) mass is 476 g/mol. The second kappa shape index (κ2) is 9.48. The molecule has 3 atom stereocenters. The fourth-order valence-electron chi connectivity index (χ4n) is 4.00. The van der Waals surface area contributed by atoms with Crippen LogP contribution in [0.1, 0.15) is 25.7 Å². The van der Waals surface area contributed by atoms with Gasteiger partial charge in [-0.25, -0.2) is 23.0 Å². The Morgan fingerprint density at radius 1 is 1.12 bits per heavy atom. The molecule has 2 N–H and O–H groups in total. The van der Waals surface area contributed by atoms with Gasteiger partial charge in [0.25, 0.3) is 0 Å². The van der Waals surface area contributed by atoms with Crippen molar-refractivity contribution >= 4 is 43.7 Å². The van der Waals surface area contributed by atoms with Crippen LogP contribution in [0.15, 0.2) is 36.7 Å². The maximum atomic E-state index is 15.0. The van der Waals surface area contributed by atoms with Crippen molar-refractivity contribution in [1.29, 1.82) is 0 Å². The number of ether oxygens (including phenoxy) is 2. The lowest BCUT2D eigenvalue weighted by atomic mass is 9.94. The Hall–Kier alpha value is -2.98. The predicted molar refractivity (Wildman–Crippen MR) is 128 cm³/mol. The molecular weight excluding hydrogens is 450 g/mol. The van der Waals surface area contributed by atoms with Crippen LogP contribution in [-0.4, -0.2) is 45.6 Å². The van der Waals surface area contributed by atoms with Crippen LogP contribution in [0.5, 0.6) is 5.75 Å². The van der Waals surface area contributed by atoms with Crippen molar-refractivity contribution in [1.82, 2.24) is 9.97 Å². The summed E-state index contributed by atoms with van der Waals surface area (Å²) in [6.45, 7) is 0. The third-order valence-electron chi connectivity index (χ3n) is 5.44. The normalized spacial score (nSPS) is 20.2. The van der Waals surface area contributed by atoms with Gasteiger partial charge >= 0.3 is 0 Å². The largest absolute Gasteiger partial charge is 0.485 e. The standard InChI is InChI=1S/C23H26F2N4O3S/c1-31-19-6-4-5-7-20(19)32-21-10-14(24)8-9-17(21)28-23-22-16(25)11-15(29-33(2,3)30)12-18(22)26-13-27-23/h8-13,19-20H,2,4-7H2,1,3H3,(H,29,30)(H,26,27,28). The molecule has 176 valence electrons. The molecular formula is C23H26F2N4O3S. The zero-order valence-corrected chi connectivity index (χ0v) is 19.3. The first kappa shape index (κ1) is 23.2. The summed E-state index contributed by atoms with van der Waals surface area (Å²) < 4.78 is 55.4. The first-order valence-corrected chi connectivity index (χ1v) is 12.7. The molecule has 1 fully saturated rings. The molecule has 1 heterocycles. The van der Waals surface area contributed by atoms with Crippen LogP contribution in [0.4, 0.5) is 26.0 Å². The highest BCUT2D eigenvalue weighted by Crippen LogP contribution is 2.35. The lowest BCUT2D eigenvalue weighted by molar-refractivity contribution is -0.0227. The highest BCUT2D eigenvalue weighted by molar-refractivity contribution is 8.00. The first-order chi connectivity index (χ1) is 15.7. The molecule has 4 rings (SSSR count). The van der Waals surface area contributed by atoms with Crippen molar-refractivity contribution in [3.05, 3.63) is 48.3 Å². The Labute approximate surface area is 191 Å². The quantitative estimate of drug-likeness (QED) is 0.483. The van der Waals surface area contributed by atoms with Gasteiger partial charge in [0.2, 0.25) is 0 Å². The number of halogens is 2. The van der Waals surface area contributed by atoms with E-state index in [0.717, 1.165) is 25.7 Å². The van der Waals surface area contributed by atoms with Gasteiger partial charge in [-0.15, -0.1) is 0 Å². The molecule has 1 aromatic heterocycles. The van der Waals surface area contributed by atoms with Crippen LogP contribution in [0, 0.1) is 11.6 Å². The average molecular weight is 477 g/mol. The van der Waals surface area contributed by atoms with Gasteiger partial charge in [0, 0.05) is 29.1 Å². The van der Waals surface area contributed by atoms with Crippen LogP contribution in [0.3, 0.4) is 0 Å². The lowest BCUT2D eigenvalue weighted by Crippen LogP contribution is -2.36. The molecule has 0 radical (unpaired) electrons. The maximum Gasteiger partial charge on any atom is 0.146 e. The second-order valence-corrected chi connectivity index (χ2v) is 10.4. The van der Waals surface area contributed by atoms with Crippen LogP contribution in [0.2, 0.25) is 0 Å². The van der Waals surface area contributed by atoms with E-state index in [0.29, 0.717) is 16.9 Å². The van der Waals surface area contributed by atoms with Crippen molar-refractivity contribution in [2.24, 2.45) is 0 Å². The van der Waals surface area contributed by atoms with Gasteiger partial charge in [-0.1, -0.05) is 6.42 Å². The zero-order chi connectivity index (χ0) is 23.6. The van der Waals surface area contributed by atoms with E-state index in [1.54, 1.807) is 13.2 Å². The fourth-order valence-corrected chi connectivity index (χ4v) is 4.62. The summed E-state index contributed by atoms with van der Waals surface area (Å²) >= 11 is 0.